The Bertz CT molecular complexity index is 918. The third-order valence-corrected chi connectivity index (χ3v) is 4.99. The molecule has 2 aromatic rings. The maximum atomic E-state index is 13.1. The second-order valence-corrected chi connectivity index (χ2v) is 6.96. The standard InChI is InChI=1S/C18H18F3N3O2/c19-18(20,21)10-24-15(22-13-5-2-1-4-12(13)17(24)26)14-6-3-9-23(14)16(25)11-7-8-11/h1-2,4-5,11,14H,3,6-10H2. The zero-order chi connectivity index (χ0) is 18.5. The molecule has 8 heteroatoms. The van der Waals surface area contributed by atoms with Crippen molar-refractivity contribution < 1.29 is 18.0 Å². The predicted molar refractivity (Wildman–Crippen MR) is 88.5 cm³/mol. The van der Waals surface area contributed by atoms with Gasteiger partial charge in [0, 0.05) is 12.5 Å². The highest BCUT2D eigenvalue weighted by Crippen LogP contribution is 2.38. The molecule has 4 rings (SSSR count). The molecule has 0 spiro atoms. The molecule has 0 bridgehead atoms. The molecule has 2 fully saturated rings. The monoisotopic (exact) mass is 365 g/mol. The molecule has 1 saturated carbocycles. The van der Waals surface area contributed by atoms with Gasteiger partial charge in [-0.3, -0.25) is 14.2 Å². The van der Waals surface area contributed by atoms with Crippen molar-refractivity contribution in [2.24, 2.45) is 5.92 Å². The summed E-state index contributed by atoms with van der Waals surface area (Å²) in [5, 5.41) is 0.151. The normalized spacial score (nSPS) is 20.7. The quantitative estimate of drug-likeness (QED) is 0.840. The fourth-order valence-corrected chi connectivity index (χ4v) is 3.64. The van der Waals surface area contributed by atoms with Crippen LogP contribution in [0.15, 0.2) is 29.1 Å². The van der Waals surface area contributed by atoms with Crippen LogP contribution < -0.4 is 5.56 Å². The Labute approximate surface area is 147 Å². The van der Waals surface area contributed by atoms with Gasteiger partial charge >= 0.3 is 6.18 Å². The van der Waals surface area contributed by atoms with Crippen LogP contribution in [0.1, 0.15) is 37.5 Å². The minimum Gasteiger partial charge on any atom is -0.332 e. The number of rotatable bonds is 3. The molecule has 2 aliphatic rings. The lowest BCUT2D eigenvalue weighted by atomic mass is 10.1. The average Bonchev–Trinajstić information content (AvgIpc) is 3.33. The highest BCUT2D eigenvalue weighted by atomic mass is 19.4. The van der Waals surface area contributed by atoms with Crippen molar-refractivity contribution in [3.63, 3.8) is 0 Å². The average molecular weight is 365 g/mol. The zero-order valence-corrected chi connectivity index (χ0v) is 14.0. The fraction of sp³-hybridized carbons (Fsp3) is 0.500. The molecule has 2 heterocycles. The van der Waals surface area contributed by atoms with E-state index in [1.807, 2.05) is 0 Å². The van der Waals surface area contributed by atoms with Crippen molar-refractivity contribution in [3.05, 3.63) is 40.4 Å². The number of carbonyl (C=O) groups is 1. The van der Waals surface area contributed by atoms with Crippen molar-refractivity contribution in [2.75, 3.05) is 6.54 Å². The Morgan fingerprint density at radius 1 is 1.19 bits per heavy atom. The summed E-state index contributed by atoms with van der Waals surface area (Å²) >= 11 is 0. The first kappa shape index (κ1) is 17.1. The fourth-order valence-electron chi connectivity index (χ4n) is 3.64. The van der Waals surface area contributed by atoms with Gasteiger partial charge in [-0.05, 0) is 37.8 Å². The van der Waals surface area contributed by atoms with E-state index in [2.05, 4.69) is 4.98 Å². The number of aromatic nitrogens is 2. The van der Waals surface area contributed by atoms with Crippen LogP contribution in [0.25, 0.3) is 10.9 Å². The Morgan fingerprint density at radius 2 is 1.92 bits per heavy atom. The number of hydrogen-bond donors (Lipinski definition) is 0. The van der Waals surface area contributed by atoms with Crippen LogP contribution in [0.4, 0.5) is 13.2 Å². The van der Waals surface area contributed by atoms with Gasteiger partial charge in [0.2, 0.25) is 5.91 Å². The molecule has 0 N–H and O–H groups in total. The van der Waals surface area contributed by atoms with E-state index in [9.17, 15) is 22.8 Å². The van der Waals surface area contributed by atoms with E-state index in [0.717, 1.165) is 12.8 Å². The lowest BCUT2D eigenvalue weighted by molar-refractivity contribution is -0.142. The number of amides is 1. The summed E-state index contributed by atoms with van der Waals surface area (Å²) in [6.45, 7) is -0.907. The number of benzene rings is 1. The van der Waals surface area contributed by atoms with Gasteiger partial charge < -0.3 is 4.90 Å². The Kier molecular flexibility index (Phi) is 4.00. The van der Waals surface area contributed by atoms with Crippen LogP contribution in [0, 0.1) is 5.92 Å². The van der Waals surface area contributed by atoms with Crippen molar-refractivity contribution in [1.82, 2.24) is 14.5 Å². The van der Waals surface area contributed by atoms with Gasteiger partial charge in [-0.25, -0.2) is 4.98 Å². The summed E-state index contributed by atoms with van der Waals surface area (Å²) in [4.78, 5) is 31.2. The first-order valence-electron chi connectivity index (χ1n) is 8.72. The Balaban J connectivity index is 1.85. The molecule has 0 radical (unpaired) electrons. The Hall–Kier alpha value is -2.38. The van der Waals surface area contributed by atoms with E-state index in [0.29, 0.717) is 29.5 Å². The van der Waals surface area contributed by atoms with Gasteiger partial charge in [-0.15, -0.1) is 0 Å². The van der Waals surface area contributed by atoms with E-state index in [1.54, 1.807) is 23.1 Å². The van der Waals surface area contributed by atoms with Crippen LogP contribution in [-0.2, 0) is 11.3 Å². The summed E-state index contributed by atoms with van der Waals surface area (Å²) < 4.78 is 40.0. The highest BCUT2D eigenvalue weighted by molar-refractivity contribution is 5.82. The number of fused-ring (bicyclic) bond motifs is 1. The molecule has 1 amide bonds. The van der Waals surface area contributed by atoms with E-state index >= 15 is 0 Å². The summed E-state index contributed by atoms with van der Waals surface area (Å²) in [5.74, 6) is -0.0233. The van der Waals surface area contributed by atoms with Crippen LogP contribution in [0.3, 0.4) is 0 Å². The summed E-state index contributed by atoms with van der Waals surface area (Å²) in [5.41, 5.74) is -0.356. The van der Waals surface area contributed by atoms with E-state index < -0.39 is 24.3 Å². The molecule has 1 aromatic carbocycles. The molecule has 1 aromatic heterocycles. The van der Waals surface area contributed by atoms with Gasteiger partial charge in [0.05, 0.1) is 16.9 Å². The predicted octanol–water partition coefficient (Wildman–Crippen LogP) is 3.03. The molecule has 1 saturated heterocycles. The largest absolute Gasteiger partial charge is 0.406 e. The number of carbonyl (C=O) groups excluding carboxylic acids is 1. The number of para-hydroxylation sites is 1. The number of alkyl halides is 3. The van der Waals surface area contributed by atoms with Gasteiger partial charge in [0.1, 0.15) is 12.4 Å². The number of halogens is 3. The molecule has 1 aliphatic heterocycles. The number of likely N-dealkylation sites (tertiary alicyclic amines) is 1. The van der Waals surface area contributed by atoms with Crippen molar-refractivity contribution in [2.45, 2.75) is 44.4 Å². The van der Waals surface area contributed by atoms with E-state index in [1.165, 1.54) is 6.07 Å². The molecule has 5 nitrogen and oxygen atoms in total. The lowest BCUT2D eigenvalue weighted by Crippen LogP contribution is -2.38. The van der Waals surface area contributed by atoms with Crippen molar-refractivity contribution in [1.29, 1.82) is 0 Å². The topological polar surface area (TPSA) is 55.2 Å². The zero-order valence-electron chi connectivity index (χ0n) is 14.0. The van der Waals surface area contributed by atoms with Crippen LogP contribution in [0.5, 0.6) is 0 Å². The van der Waals surface area contributed by atoms with Crippen LogP contribution in [-0.4, -0.2) is 33.1 Å². The summed E-state index contributed by atoms with van der Waals surface area (Å²) in [7, 11) is 0. The van der Waals surface area contributed by atoms with E-state index in [4.69, 9.17) is 0 Å². The summed E-state index contributed by atoms with van der Waals surface area (Å²) in [6.07, 6.45) is -1.70. The van der Waals surface area contributed by atoms with E-state index in [-0.39, 0.29) is 23.0 Å². The second-order valence-electron chi connectivity index (χ2n) is 6.96. The molecule has 1 aliphatic carbocycles. The molecule has 26 heavy (non-hydrogen) atoms. The first-order chi connectivity index (χ1) is 12.3. The van der Waals surface area contributed by atoms with Gasteiger partial charge in [0.25, 0.3) is 5.56 Å². The minimum absolute atomic E-state index is 0.0288. The number of nitrogens with zero attached hydrogens (tertiary/aromatic N) is 3. The molecule has 138 valence electrons. The molecule has 1 atom stereocenters. The molecular weight excluding hydrogens is 347 g/mol. The SMILES string of the molecule is O=C(C1CC1)N1CCCC1c1nc2ccccc2c(=O)n1CC(F)(F)F. The maximum Gasteiger partial charge on any atom is 0.406 e. The highest BCUT2D eigenvalue weighted by Gasteiger charge is 2.41. The summed E-state index contributed by atoms with van der Waals surface area (Å²) in [6, 6.07) is 5.79. The van der Waals surface area contributed by atoms with Crippen molar-refractivity contribution in [3.8, 4) is 0 Å². The second kappa shape index (κ2) is 6.10. The van der Waals surface area contributed by atoms with Crippen LogP contribution in [0.2, 0.25) is 0 Å². The van der Waals surface area contributed by atoms with Crippen LogP contribution >= 0.6 is 0 Å². The third kappa shape index (κ3) is 3.08. The van der Waals surface area contributed by atoms with Gasteiger partial charge in [-0.2, -0.15) is 13.2 Å². The molecular formula is C18H18F3N3O2. The maximum absolute atomic E-state index is 13.1. The van der Waals surface area contributed by atoms with Gasteiger partial charge in [-0.1, -0.05) is 12.1 Å². The number of hydrogen-bond acceptors (Lipinski definition) is 3. The first-order valence-corrected chi connectivity index (χ1v) is 8.72. The Morgan fingerprint density at radius 3 is 2.62 bits per heavy atom. The third-order valence-electron chi connectivity index (χ3n) is 4.99. The molecule has 1 unspecified atom stereocenters. The smallest absolute Gasteiger partial charge is 0.332 e. The lowest BCUT2D eigenvalue weighted by Gasteiger charge is -2.27. The minimum atomic E-state index is -4.55. The van der Waals surface area contributed by atoms with Crippen molar-refractivity contribution >= 4 is 16.8 Å². The van der Waals surface area contributed by atoms with Gasteiger partial charge in [0.15, 0.2) is 0 Å².